The number of hydrogen-bond acceptors (Lipinski definition) is 6. The van der Waals surface area contributed by atoms with Crippen molar-refractivity contribution < 1.29 is 33.0 Å². The quantitative estimate of drug-likeness (QED) is 0.376. The van der Waals surface area contributed by atoms with Gasteiger partial charge in [-0.05, 0) is 49.1 Å². The lowest BCUT2D eigenvalue weighted by molar-refractivity contribution is -0.149. The fourth-order valence-corrected chi connectivity index (χ4v) is 4.56. The highest BCUT2D eigenvalue weighted by Gasteiger charge is 2.33. The van der Waals surface area contributed by atoms with Crippen LogP contribution in [0.2, 0.25) is 0 Å². The molecule has 0 aliphatic rings. The van der Waals surface area contributed by atoms with Gasteiger partial charge in [0.1, 0.15) is 5.75 Å². The maximum atomic E-state index is 13.4. The van der Waals surface area contributed by atoms with Gasteiger partial charge in [0.25, 0.3) is 10.0 Å². The van der Waals surface area contributed by atoms with Gasteiger partial charge < -0.3 is 20.3 Å². The lowest BCUT2D eigenvalue weighted by Crippen LogP contribution is -2.50. The zero-order chi connectivity index (χ0) is 24.4. The molecule has 2 rings (SSSR count). The normalized spacial score (nSPS) is 13.6. The molecule has 2 aromatic rings. The number of hydrogen-bond donors (Lipinski definition) is 3. The number of amides is 1. The predicted octanol–water partition coefficient (Wildman–Crippen LogP) is 3.05. The third-order valence-electron chi connectivity index (χ3n) is 5.21. The molecule has 33 heavy (non-hydrogen) atoms. The molecule has 2 atom stereocenters. The van der Waals surface area contributed by atoms with E-state index in [0.29, 0.717) is 18.6 Å². The molecule has 9 nitrogen and oxygen atoms in total. The van der Waals surface area contributed by atoms with Crippen LogP contribution < -0.4 is 10.1 Å². The Morgan fingerprint density at radius 1 is 1.06 bits per heavy atom. The third-order valence-corrected chi connectivity index (χ3v) is 6.85. The average molecular weight is 481 g/mol. The second-order valence-electron chi connectivity index (χ2n) is 7.52. The first kappa shape index (κ1) is 26.6. The van der Waals surface area contributed by atoms with Crippen molar-refractivity contribution in [1.29, 1.82) is 0 Å². The van der Waals surface area contributed by atoms with Crippen LogP contribution in [0.25, 0.3) is 0 Å². The van der Waals surface area contributed by atoms with E-state index in [2.05, 4.69) is 5.32 Å². The highest BCUT2D eigenvalue weighted by molar-refractivity contribution is 7.89. The van der Waals surface area contributed by atoms with Gasteiger partial charge in [0.05, 0.1) is 36.8 Å². The third kappa shape index (κ3) is 7.71. The number of carboxylic acid groups (broad SMARTS) is 1. The van der Waals surface area contributed by atoms with E-state index in [0.717, 1.165) is 10.0 Å². The SMILES string of the molecule is CCC(CC)ON(C[C@H](O)[C@H](Cc1ccccc1)NC(=O)O)S(=O)(=O)c1ccc(OC)cc1. The molecular formula is C23H32N2O7S. The first-order chi connectivity index (χ1) is 15.7. The highest BCUT2D eigenvalue weighted by Crippen LogP contribution is 2.22. The standard InChI is InChI=1S/C23H32N2O7S/c1-4-18(5-2)32-25(33(29,30)20-13-11-19(31-3)12-14-20)16-22(26)21(24-23(27)28)15-17-9-7-6-8-10-17/h6-14,18,21-22,24,26H,4-5,15-16H2,1-3H3,(H,27,28)/t21-,22-/m0/s1. The smallest absolute Gasteiger partial charge is 0.404 e. The number of nitrogens with one attached hydrogen (secondary N) is 1. The molecule has 182 valence electrons. The summed E-state index contributed by atoms with van der Waals surface area (Å²) >= 11 is 0. The van der Waals surface area contributed by atoms with Crippen molar-refractivity contribution in [2.45, 2.75) is 56.3 Å². The lowest BCUT2D eigenvalue weighted by atomic mass is 10.0. The zero-order valence-corrected chi connectivity index (χ0v) is 19.9. The average Bonchev–Trinajstić information content (AvgIpc) is 2.81. The molecule has 0 fully saturated rings. The Kier molecular flexibility index (Phi) is 10.1. The zero-order valence-electron chi connectivity index (χ0n) is 19.0. The van der Waals surface area contributed by atoms with Crippen molar-refractivity contribution in [2.24, 2.45) is 0 Å². The molecule has 0 aliphatic heterocycles. The van der Waals surface area contributed by atoms with Gasteiger partial charge in [0.15, 0.2) is 0 Å². The monoisotopic (exact) mass is 480 g/mol. The van der Waals surface area contributed by atoms with Gasteiger partial charge in [0.2, 0.25) is 0 Å². The van der Waals surface area contributed by atoms with Crippen molar-refractivity contribution in [2.75, 3.05) is 13.7 Å². The van der Waals surface area contributed by atoms with Crippen LogP contribution in [0, 0.1) is 0 Å². The molecule has 1 amide bonds. The Morgan fingerprint density at radius 3 is 2.18 bits per heavy atom. The van der Waals surface area contributed by atoms with Crippen molar-refractivity contribution in [3.63, 3.8) is 0 Å². The summed E-state index contributed by atoms with van der Waals surface area (Å²) in [6.07, 6.45) is -1.80. The highest BCUT2D eigenvalue weighted by atomic mass is 32.2. The minimum absolute atomic E-state index is 0.0349. The molecule has 0 heterocycles. The van der Waals surface area contributed by atoms with E-state index in [4.69, 9.17) is 9.57 Å². The molecule has 10 heteroatoms. The van der Waals surface area contributed by atoms with Gasteiger partial charge >= 0.3 is 6.09 Å². The van der Waals surface area contributed by atoms with Crippen LogP contribution in [0.15, 0.2) is 59.5 Å². The van der Waals surface area contributed by atoms with Crippen LogP contribution in [0.5, 0.6) is 5.75 Å². The molecular weight excluding hydrogens is 448 g/mol. The van der Waals surface area contributed by atoms with Crippen LogP contribution in [0.4, 0.5) is 4.79 Å². The van der Waals surface area contributed by atoms with Gasteiger partial charge in [-0.15, -0.1) is 0 Å². The van der Waals surface area contributed by atoms with E-state index in [-0.39, 0.29) is 11.3 Å². The number of rotatable bonds is 13. The summed E-state index contributed by atoms with van der Waals surface area (Å²) in [4.78, 5) is 17.1. The summed E-state index contributed by atoms with van der Waals surface area (Å²) in [6.45, 7) is 3.28. The van der Waals surface area contributed by atoms with Crippen molar-refractivity contribution in [1.82, 2.24) is 9.79 Å². The first-order valence-corrected chi connectivity index (χ1v) is 12.2. The van der Waals surface area contributed by atoms with Crippen LogP contribution >= 0.6 is 0 Å². The Hall–Kier alpha value is -2.66. The Labute approximate surface area is 195 Å². The van der Waals surface area contributed by atoms with Crippen molar-refractivity contribution >= 4 is 16.1 Å². The van der Waals surface area contributed by atoms with Gasteiger partial charge in [-0.1, -0.05) is 48.6 Å². The van der Waals surface area contributed by atoms with E-state index in [1.54, 1.807) is 24.3 Å². The number of nitrogens with zero attached hydrogens (tertiary/aromatic N) is 1. The second kappa shape index (κ2) is 12.5. The van der Waals surface area contributed by atoms with Crippen LogP contribution in [-0.2, 0) is 21.3 Å². The number of benzene rings is 2. The van der Waals surface area contributed by atoms with Crippen LogP contribution in [0.3, 0.4) is 0 Å². The maximum Gasteiger partial charge on any atom is 0.404 e. The largest absolute Gasteiger partial charge is 0.497 e. The number of carbonyl (C=O) groups is 1. The summed E-state index contributed by atoms with van der Waals surface area (Å²) in [5, 5.41) is 22.5. The van der Waals surface area contributed by atoms with Gasteiger partial charge in [-0.25, -0.2) is 13.2 Å². The fraction of sp³-hybridized carbons (Fsp3) is 0.435. The van der Waals surface area contributed by atoms with E-state index in [1.807, 2.05) is 19.9 Å². The van der Waals surface area contributed by atoms with Gasteiger partial charge in [0, 0.05) is 0 Å². The number of hydroxylamine groups is 1. The predicted molar refractivity (Wildman–Crippen MR) is 123 cm³/mol. The molecule has 0 radical (unpaired) electrons. The van der Waals surface area contributed by atoms with E-state index in [1.165, 1.54) is 31.4 Å². The summed E-state index contributed by atoms with van der Waals surface area (Å²) < 4.78 is 32.6. The molecule has 0 unspecified atom stereocenters. The van der Waals surface area contributed by atoms with E-state index < -0.39 is 40.9 Å². The number of methoxy groups -OCH3 is 1. The number of ether oxygens (including phenoxy) is 1. The minimum atomic E-state index is -4.15. The Balaban J connectivity index is 2.33. The minimum Gasteiger partial charge on any atom is -0.497 e. The van der Waals surface area contributed by atoms with Crippen molar-refractivity contribution in [3.05, 3.63) is 60.2 Å². The van der Waals surface area contributed by atoms with E-state index >= 15 is 0 Å². The Bertz CT molecular complexity index is 964. The summed E-state index contributed by atoms with van der Waals surface area (Å²) in [5.41, 5.74) is 0.792. The van der Waals surface area contributed by atoms with Gasteiger partial charge in [-0.2, -0.15) is 0 Å². The molecule has 3 N–H and O–H groups in total. The number of aliphatic hydroxyl groups is 1. The first-order valence-electron chi connectivity index (χ1n) is 10.8. The van der Waals surface area contributed by atoms with Crippen LogP contribution in [-0.4, -0.2) is 61.1 Å². The summed E-state index contributed by atoms with van der Waals surface area (Å²) in [7, 11) is -2.67. The maximum absolute atomic E-state index is 13.4. The summed E-state index contributed by atoms with van der Waals surface area (Å²) in [6, 6.07) is 13.9. The molecule has 2 aromatic carbocycles. The van der Waals surface area contributed by atoms with Crippen LogP contribution in [0.1, 0.15) is 32.3 Å². The number of sulfonamides is 1. The van der Waals surface area contributed by atoms with E-state index in [9.17, 15) is 23.4 Å². The van der Waals surface area contributed by atoms with Gasteiger partial charge in [-0.3, -0.25) is 4.84 Å². The molecule has 0 bridgehead atoms. The lowest BCUT2D eigenvalue weighted by Gasteiger charge is -2.30. The Morgan fingerprint density at radius 2 is 1.67 bits per heavy atom. The molecule has 0 spiro atoms. The summed E-state index contributed by atoms with van der Waals surface area (Å²) in [5.74, 6) is 0.495. The topological polar surface area (TPSA) is 125 Å². The number of aliphatic hydroxyl groups excluding tert-OH is 1. The molecule has 0 aliphatic carbocycles. The second-order valence-corrected chi connectivity index (χ2v) is 9.35. The molecule has 0 saturated heterocycles. The molecule has 0 aromatic heterocycles. The molecule has 0 saturated carbocycles. The van der Waals surface area contributed by atoms with Crippen molar-refractivity contribution in [3.8, 4) is 5.75 Å². The fourth-order valence-electron chi connectivity index (χ4n) is 3.26.